The number of aryl methyl sites for hydroxylation is 1. The summed E-state index contributed by atoms with van der Waals surface area (Å²) in [6.45, 7) is 4.40. The maximum absolute atomic E-state index is 4.51. The number of pyridine rings is 1. The number of hydrogen-bond donors (Lipinski definition) is 0. The summed E-state index contributed by atoms with van der Waals surface area (Å²) in [6, 6.07) is 12.4. The fourth-order valence-electron chi connectivity index (χ4n) is 3.11. The molecule has 4 rings (SSSR count). The summed E-state index contributed by atoms with van der Waals surface area (Å²) in [5.41, 5.74) is 3.30. The quantitative estimate of drug-likeness (QED) is 0.454. The van der Waals surface area contributed by atoms with Crippen LogP contribution in [0.1, 0.15) is 31.2 Å². The number of para-hydroxylation sites is 1. The Labute approximate surface area is 168 Å². The van der Waals surface area contributed by atoms with Crippen LogP contribution in [-0.4, -0.2) is 29.3 Å². The van der Waals surface area contributed by atoms with Crippen LogP contribution in [0.3, 0.4) is 0 Å². The molecule has 3 aromatic heterocycles. The van der Waals surface area contributed by atoms with Crippen LogP contribution < -0.4 is 0 Å². The lowest BCUT2D eigenvalue weighted by Crippen LogP contribution is -2.05. The highest BCUT2D eigenvalue weighted by Crippen LogP contribution is 2.32. The molecule has 0 N–H and O–H groups in total. The maximum atomic E-state index is 4.51. The molecule has 6 nitrogen and oxygen atoms in total. The lowest BCUT2D eigenvalue weighted by Gasteiger charge is -2.16. The average Bonchev–Trinajstić information content (AvgIpc) is 3.32. The van der Waals surface area contributed by atoms with Gasteiger partial charge >= 0.3 is 0 Å². The van der Waals surface area contributed by atoms with Gasteiger partial charge in [0.05, 0.1) is 11.4 Å². The zero-order valence-corrected chi connectivity index (χ0v) is 17.0. The number of nitrogens with zero attached hydrogens (tertiary/aromatic N) is 6. The summed E-state index contributed by atoms with van der Waals surface area (Å²) in [6.07, 6.45) is 7.36. The van der Waals surface area contributed by atoms with Crippen molar-refractivity contribution in [2.24, 2.45) is 7.05 Å². The Morgan fingerprint density at radius 1 is 1.04 bits per heavy atom. The van der Waals surface area contributed by atoms with Gasteiger partial charge in [0.15, 0.2) is 11.0 Å². The topological polar surface area (TPSA) is 61.4 Å². The summed E-state index contributed by atoms with van der Waals surface area (Å²) in [4.78, 5) is 8.68. The highest BCUT2D eigenvalue weighted by atomic mass is 32.2. The van der Waals surface area contributed by atoms with Gasteiger partial charge in [-0.1, -0.05) is 43.8 Å². The first kappa shape index (κ1) is 18.4. The van der Waals surface area contributed by atoms with Crippen LogP contribution in [0.4, 0.5) is 0 Å². The van der Waals surface area contributed by atoms with Crippen molar-refractivity contribution in [1.82, 2.24) is 29.3 Å². The normalized spacial score (nSPS) is 11.3. The van der Waals surface area contributed by atoms with Crippen LogP contribution in [0, 0.1) is 0 Å². The van der Waals surface area contributed by atoms with E-state index in [1.165, 1.54) is 5.56 Å². The van der Waals surface area contributed by atoms with Crippen molar-refractivity contribution < 1.29 is 0 Å². The average molecular weight is 391 g/mol. The second-order valence-corrected chi connectivity index (χ2v) is 7.78. The molecule has 0 amide bonds. The molecule has 0 spiro atoms. The van der Waals surface area contributed by atoms with Crippen molar-refractivity contribution in [3.8, 4) is 17.1 Å². The van der Waals surface area contributed by atoms with E-state index in [9.17, 15) is 0 Å². The Hall–Kier alpha value is -2.93. The van der Waals surface area contributed by atoms with Crippen LogP contribution in [0.5, 0.6) is 0 Å². The minimum absolute atomic E-state index is 0.382. The molecule has 7 heteroatoms. The van der Waals surface area contributed by atoms with Gasteiger partial charge in [-0.3, -0.25) is 9.55 Å². The SMILES string of the molecule is CC(C)c1ccccc1-n1c(SCc2nccn2C)nnc1-c1cccnc1. The molecular formula is C21H22N6S. The summed E-state index contributed by atoms with van der Waals surface area (Å²) in [5.74, 6) is 2.90. The molecule has 1 aromatic carbocycles. The Bertz CT molecular complexity index is 1070. The van der Waals surface area contributed by atoms with Crippen molar-refractivity contribution in [1.29, 1.82) is 0 Å². The molecule has 0 unspecified atom stereocenters. The molecule has 0 bridgehead atoms. The fourth-order valence-corrected chi connectivity index (χ4v) is 4.06. The predicted octanol–water partition coefficient (Wildman–Crippen LogP) is 4.48. The fraction of sp³-hybridized carbons (Fsp3) is 0.238. The van der Waals surface area contributed by atoms with Gasteiger partial charge in [-0.2, -0.15) is 0 Å². The molecule has 0 saturated carbocycles. The number of thioether (sulfide) groups is 1. The molecule has 0 saturated heterocycles. The molecule has 0 aliphatic heterocycles. The monoisotopic (exact) mass is 390 g/mol. The lowest BCUT2D eigenvalue weighted by atomic mass is 10.0. The predicted molar refractivity (Wildman–Crippen MR) is 111 cm³/mol. The number of aromatic nitrogens is 6. The van der Waals surface area contributed by atoms with Gasteiger partial charge in [0.2, 0.25) is 0 Å². The Morgan fingerprint density at radius 2 is 1.89 bits per heavy atom. The van der Waals surface area contributed by atoms with E-state index in [1.54, 1.807) is 18.0 Å². The molecule has 28 heavy (non-hydrogen) atoms. The standard InChI is InChI=1S/C21H22N6S/c1-15(2)17-8-4-5-9-18(17)27-20(16-7-6-10-22-13-16)24-25-21(27)28-14-19-23-11-12-26(19)3/h4-13,15H,14H2,1-3H3. The van der Waals surface area contributed by atoms with E-state index in [0.717, 1.165) is 33.8 Å². The van der Waals surface area contributed by atoms with Gasteiger partial charge < -0.3 is 4.57 Å². The van der Waals surface area contributed by atoms with E-state index in [4.69, 9.17) is 0 Å². The third-order valence-corrected chi connectivity index (χ3v) is 5.53. The second kappa shape index (κ2) is 7.98. The van der Waals surface area contributed by atoms with Crippen LogP contribution in [-0.2, 0) is 12.8 Å². The summed E-state index contributed by atoms with van der Waals surface area (Å²) < 4.78 is 4.16. The van der Waals surface area contributed by atoms with Crippen molar-refractivity contribution in [3.63, 3.8) is 0 Å². The molecular weight excluding hydrogens is 368 g/mol. The zero-order chi connectivity index (χ0) is 19.5. The van der Waals surface area contributed by atoms with E-state index in [2.05, 4.69) is 62.8 Å². The van der Waals surface area contributed by atoms with E-state index in [1.807, 2.05) is 42.3 Å². The van der Waals surface area contributed by atoms with Crippen molar-refractivity contribution in [2.75, 3.05) is 0 Å². The molecule has 4 aromatic rings. The highest BCUT2D eigenvalue weighted by molar-refractivity contribution is 7.98. The Kier molecular flexibility index (Phi) is 5.25. The molecule has 0 fully saturated rings. The van der Waals surface area contributed by atoms with E-state index >= 15 is 0 Å². The van der Waals surface area contributed by atoms with E-state index < -0.39 is 0 Å². The van der Waals surface area contributed by atoms with Crippen LogP contribution in [0.25, 0.3) is 17.1 Å². The van der Waals surface area contributed by atoms with Gasteiger partial charge in [0.25, 0.3) is 0 Å². The van der Waals surface area contributed by atoms with E-state index in [0.29, 0.717) is 5.92 Å². The van der Waals surface area contributed by atoms with Gasteiger partial charge in [-0.25, -0.2) is 4.98 Å². The lowest BCUT2D eigenvalue weighted by molar-refractivity contribution is 0.815. The molecule has 142 valence electrons. The largest absolute Gasteiger partial charge is 0.337 e. The van der Waals surface area contributed by atoms with E-state index in [-0.39, 0.29) is 0 Å². The number of rotatable bonds is 6. The summed E-state index contributed by atoms with van der Waals surface area (Å²) in [7, 11) is 2.00. The minimum Gasteiger partial charge on any atom is -0.337 e. The van der Waals surface area contributed by atoms with Crippen LogP contribution in [0.2, 0.25) is 0 Å². The first-order valence-electron chi connectivity index (χ1n) is 9.19. The second-order valence-electron chi connectivity index (χ2n) is 6.84. The van der Waals surface area contributed by atoms with Gasteiger partial charge in [-0.05, 0) is 29.7 Å². The van der Waals surface area contributed by atoms with Crippen molar-refractivity contribution in [2.45, 2.75) is 30.7 Å². The first-order chi connectivity index (χ1) is 13.6. The van der Waals surface area contributed by atoms with Crippen LogP contribution in [0.15, 0.2) is 66.3 Å². The van der Waals surface area contributed by atoms with Gasteiger partial charge in [-0.15, -0.1) is 10.2 Å². The maximum Gasteiger partial charge on any atom is 0.196 e. The number of imidazole rings is 1. The minimum atomic E-state index is 0.382. The van der Waals surface area contributed by atoms with Gasteiger partial charge in [0, 0.05) is 37.4 Å². The summed E-state index contributed by atoms with van der Waals surface area (Å²) >= 11 is 1.64. The Balaban J connectivity index is 1.82. The summed E-state index contributed by atoms with van der Waals surface area (Å²) in [5, 5.41) is 9.86. The molecule has 3 heterocycles. The molecule has 0 radical (unpaired) electrons. The molecule has 0 aliphatic carbocycles. The third kappa shape index (κ3) is 3.57. The highest BCUT2D eigenvalue weighted by Gasteiger charge is 2.19. The van der Waals surface area contributed by atoms with Crippen LogP contribution >= 0.6 is 11.8 Å². The number of hydrogen-bond acceptors (Lipinski definition) is 5. The zero-order valence-electron chi connectivity index (χ0n) is 16.1. The van der Waals surface area contributed by atoms with Crippen molar-refractivity contribution in [3.05, 3.63) is 72.6 Å². The third-order valence-electron chi connectivity index (χ3n) is 4.60. The van der Waals surface area contributed by atoms with Crippen molar-refractivity contribution >= 4 is 11.8 Å². The Morgan fingerprint density at radius 3 is 2.61 bits per heavy atom. The molecule has 0 aliphatic rings. The first-order valence-corrected chi connectivity index (χ1v) is 10.2. The smallest absolute Gasteiger partial charge is 0.196 e. The van der Waals surface area contributed by atoms with Gasteiger partial charge in [0.1, 0.15) is 5.82 Å². The number of benzene rings is 1. The molecule has 0 atom stereocenters.